The van der Waals surface area contributed by atoms with Crippen molar-refractivity contribution in [1.29, 1.82) is 0 Å². The van der Waals surface area contributed by atoms with Gasteiger partial charge in [0.25, 0.3) is 0 Å². The highest BCUT2D eigenvalue weighted by molar-refractivity contribution is 5.86. The number of carbonyl (C=O) groups excluding carboxylic acids is 1. The van der Waals surface area contributed by atoms with E-state index in [9.17, 15) is 4.79 Å². The molecule has 0 aliphatic carbocycles. The summed E-state index contributed by atoms with van der Waals surface area (Å²) in [5.74, 6) is 0.856. The highest BCUT2D eigenvalue weighted by Gasteiger charge is 2.28. The summed E-state index contributed by atoms with van der Waals surface area (Å²) >= 11 is 0. The van der Waals surface area contributed by atoms with Crippen molar-refractivity contribution in [3.05, 3.63) is 17.8 Å². The van der Waals surface area contributed by atoms with Crippen LogP contribution in [-0.2, 0) is 4.79 Å². The molecule has 0 saturated carbocycles. The number of anilines is 2. The monoisotopic (exact) mass is 234 g/mol. The third-order valence-corrected chi connectivity index (χ3v) is 3.14. The highest BCUT2D eigenvalue weighted by atomic mass is 16.2. The summed E-state index contributed by atoms with van der Waals surface area (Å²) in [5, 5.41) is 2.87. The summed E-state index contributed by atoms with van der Waals surface area (Å²) in [6.45, 7) is 5.36. The van der Waals surface area contributed by atoms with Gasteiger partial charge in [0.2, 0.25) is 5.91 Å². The molecule has 2 heterocycles. The Labute approximate surface area is 101 Å². The fraction of sp³-hybridized carbons (Fsp3) is 0.500. The average molecular weight is 234 g/mol. The van der Waals surface area contributed by atoms with E-state index in [1.54, 1.807) is 6.20 Å². The van der Waals surface area contributed by atoms with E-state index in [-0.39, 0.29) is 11.9 Å². The molecule has 1 amide bonds. The first-order chi connectivity index (χ1) is 8.13. The average Bonchev–Trinajstić information content (AvgIpc) is 2.32. The Morgan fingerprint density at radius 2 is 2.41 bits per heavy atom. The zero-order chi connectivity index (χ0) is 12.4. The quantitative estimate of drug-likeness (QED) is 0.789. The largest absolute Gasteiger partial charge is 0.398 e. The smallest absolute Gasteiger partial charge is 0.242 e. The number of aromatic nitrogens is 1. The predicted molar refractivity (Wildman–Crippen MR) is 67.8 cm³/mol. The maximum absolute atomic E-state index is 11.7. The number of nitrogens with two attached hydrogens (primary N) is 1. The number of nitrogens with zero attached hydrogens (tertiary/aromatic N) is 2. The van der Waals surface area contributed by atoms with Gasteiger partial charge >= 0.3 is 0 Å². The number of nitrogens with one attached hydrogen (secondary N) is 1. The molecule has 1 aromatic rings. The first kappa shape index (κ1) is 11.7. The molecule has 1 unspecified atom stereocenters. The molecule has 1 aliphatic heterocycles. The van der Waals surface area contributed by atoms with Gasteiger partial charge in [0, 0.05) is 31.0 Å². The molecule has 5 heteroatoms. The van der Waals surface area contributed by atoms with Crippen LogP contribution in [0.1, 0.15) is 18.9 Å². The Morgan fingerprint density at radius 1 is 1.65 bits per heavy atom. The van der Waals surface area contributed by atoms with Gasteiger partial charge in [-0.25, -0.2) is 4.98 Å². The number of piperazine rings is 1. The maximum Gasteiger partial charge on any atom is 0.242 e. The number of aryl methyl sites for hydroxylation is 1. The number of pyridine rings is 1. The molecule has 2 rings (SSSR count). The van der Waals surface area contributed by atoms with Crippen LogP contribution in [0.5, 0.6) is 0 Å². The summed E-state index contributed by atoms with van der Waals surface area (Å²) < 4.78 is 0. The van der Waals surface area contributed by atoms with Crippen LogP contribution in [0.4, 0.5) is 11.5 Å². The van der Waals surface area contributed by atoms with E-state index in [0.29, 0.717) is 6.54 Å². The number of amides is 1. The van der Waals surface area contributed by atoms with Crippen LogP contribution in [0.25, 0.3) is 0 Å². The van der Waals surface area contributed by atoms with Gasteiger partial charge in [0.15, 0.2) is 0 Å². The Hall–Kier alpha value is -1.78. The minimum atomic E-state index is -0.140. The number of nitrogen functional groups attached to an aromatic ring is 1. The molecule has 1 aromatic heterocycles. The Balaban J connectivity index is 2.30. The molecule has 0 aromatic carbocycles. The molecule has 1 aliphatic rings. The van der Waals surface area contributed by atoms with Crippen molar-refractivity contribution >= 4 is 17.4 Å². The summed E-state index contributed by atoms with van der Waals surface area (Å²) in [6.07, 6.45) is 2.52. The molecule has 1 saturated heterocycles. The van der Waals surface area contributed by atoms with Gasteiger partial charge in [-0.3, -0.25) is 4.79 Å². The van der Waals surface area contributed by atoms with Crippen LogP contribution in [0, 0.1) is 6.92 Å². The second kappa shape index (κ2) is 4.61. The van der Waals surface area contributed by atoms with E-state index in [2.05, 4.69) is 10.3 Å². The van der Waals surface area contributed by atoms with Crippen LogP contribution >= 0.6 is 0 Å². The van der Waals surface area contributed by atoms with Crippen molar-refractivity contribution in [3.8, 4) is 0 Å². The topological polar surface area (TPSA) is 71.2 Å². The van der Waals surface area contributed by atoms with Crippen LogP contribution in [0.2, 0.25) is 0 Å². The van der Waals surface area contributed by atoms with Crippen molar-refractivity contribution in [2.24, 2.45) is 0 Å². The summed E-state index contributed by atoms with van der Waals surface area (Å²) in [4.78, 5) is 18.1. The van der Waals surface area contributed by atoms with E-state index in [1.807, 2.05) is 24.8 Å². The first-order valence-corrected chi connectivity index (χ1v) is 5.90. The van der Waals surface area contributed by atoms with Crippen LogP contribution in [0.3, 0.4) is 0 Å². The third-order valence-electron chi connectivity index (χ3n) is 3.14. The Bertz CT molecular complexity index is 433. The van der Waals surface area contributed by atoms with Crippen molar-refractivity contribution < 1.29 is 4.79 Å². The van der Waals surface area contributed by atoms with Crippen molar-refractivity contribution in [2.75, 3.05) is 23.7 Å². The second-order valence-electron chi connectivity index (χ2n) is 4.31. The van der Waals surface area contributed by atoms with Gasteiger partial charge < -0.3 is 16.0 Å². The van der Waals surface area contributed by atoms with Crippen LogP contribution in [0.15, 0.2) is 12.3 Å². The van der Waals surface area contributed by atoms with Crippen molar-refractivity contribution in [2.45, 2.75) is 26.3 Å². The highest BCUT2D eigenvalue weighted by Crippen LogP contribution is 2.21. The number of rotatable bonds is 2. The molecule has 0 bridgehead atoms. The van der Waals surface area contributed by atoms with E-state index < -0.39 is 0 Å². The minimum absolute atomic E-state index is 0.0692. The van der Waals surface area contributed by atoms with Crippen molar-refractivity contribution in [3.63, 3.8) is 0 Å². The number of hydrogen-bond donors (Lipinski definition) is 2. The lowest BCUT2D eigenvalue weighted by atomic mass is 10.1. The number of hydrogen-bond acceptors (Lipinski definition) is 4. The third kappa shape index (κ3) is 2.18. The molecule has 3 N–H and O–H groups in total. The second-order valence-corrected chi connectivity index (χ2v) is 4.31. The lowest BCUT2D eigenvalue weighted by molar-refractivity contribution is -0.123. The molecular formula is C12H18N4O. The van der Waals surface area contributed by atoms with Gasteiger partial charge in [-0.2, -0.15) is 0 Å². The van der Waals surface area contributed by atoms with Gasteiger partial charge in [0.1, 0.15) is 11.9 Å². The van der Waals surface area contributed by atoms with E-state index in [4.69, 9.17) is 5.73 Å². The normalized spacial score (nSPS) is 20.2. The fourth-order valence-electron chi connectivity index (χ4n) is 2.08. The summed E-state index contributed by atoms with van der Waals surface area (Å²) in [5.41, 5.74) is 7.56. The lowest BCUT2D eigenvalue weighted by Crippen LogP contribution is -2.55. The Morgan fingerprint density at radius 3 is 3.06 bits per heavy atom. The SMILES string of the molecule is CCC1C(=O)NCCN1c1cc(N)c(C)cn1. The van der Waals surface area contributed by atoms with E-state index in [1.165, 1.54) is 0 Å². The molecule has 1 fully saturated rings. The molecule has 0 spiro atoms. The lowest BCUT2D eigenvalue weighted by Gasteiger charge is -2.35. The fourth-order valence-corrected chi connectivity index (χ4v) is 2.08. The van der Waals surface area contributed by atoms with Crippen molar-refractivity contribution in [1.82, 2.24) is 10.3 Å². The molecule has 5 nitrogen and oxygen atoms in total. The Kier molecular flexibility index (Phi) is 3.17. The molecule has 0 radical (unpaired) electrons. The zero-order valence-electron chi connectivity index (χ0n) is 10.2. The molecule has 92 valence electrons. The standard InChI is InChI=1S/C12H18N4O/c1-3-10-12(17)14-4-5-16(10)11-6-9(13)8(2)7-15-11/h6-7,10H,3-5H2,1-2H3,(H2,13,15)(H,14,17). The zero-order valence-corrected chi connectivity index (χ0v) is 10.2. The number of carbonyl (C=O) groups is 1. The predicted octanol–water partition coefficient (Wildman–Crippen LogP) is 0.687. The van der Waals surface area contributed by atoms with E-state index in [0.717, 1.165) is 30.0 Å². The van der Waals surface area contributed by atoms with Gasteiger partial charge in [-0.15, -0.1) is 0 Å². The van der Waals surface area contributed by atoms with Crippen LogP contribution < -0.4 is 16.0 Å². The maximum atomic E-state index is 11.7. The molecule has 1 atom stereocenters. The molecular weight excluding hydrogens is 216 g/mol. The van der Waals surface area contributed by atoms with Gasteiger partial charge in [-0.1, -0.05) is 6.92 Å². The van der Waals surface area contributed by atoms with E-state index >= 15 is 0 Å². The first-order valence-electron chi connectivity index (χ1n) is 5.90. The van der Waals surface area contributed by atoms with Gasteiger partial charge in [-0.05, 0) is 18.9 Å². The summed E-state index contributed by atoms with van der Waals surface area (Å²) in [6, 6.07) is 1.70. The summed E-state index contributed by atoms with van der Waals surface area (Å²) in [7, 11) is 0. The molecule has 17 heavy (non-hydrogen) atoms. The van der Waals surface area contributed by atoms with Gasteiger partial charge in [0.05, 0.1) is 0 Å². The van der Waals surface area contributed by atoms with Crippen LogP contribution in [-0.4, -0.2) is 30.0 Å². The minimum Gasteiger partial charge on any atom is -0.398 e.